The molecule has 102 valence electrons. The van der Waals surface area contributed by atoms with Gasteiger partial charge in [-0.3, -0.25) is 9.59 Å². The number of rotatable bonds is 3. The highest BCUT2D eigenvalue weighted by Crippen LogP contribution is 2.38. The zero-order valence-corrected chi connectivity index (χ0v) is 11.8. The van der Waals surface area contributed by atoms with Gasteiger partial charge in [-0.25, -0.2) is 0 Å². The van der Waals surface area contributed by atoms with Crippen LogP contribution in [0.25, 0.3) is 0 Å². The van der Waals surface area contributed by atoms with Crippen LogP contribution < -0.4 is 10.6 Å². The molecule has 0 bridgehead atoms. The third-order valence-electron chi connectivity index (χ3n) is 3.39. The first kappa shape index (κ1) is 13.6. The summed E-state index contributed by atoms with van der Waals surface area (Å²) in [5, 5.41) is 5.75. The Morgan fingerprint density at radius 1 is 1.26 bits per heavy atom. The van der Waals surface area contributed by atoms with Crippen molar-refractivity contribution in [3.8, 4) is 0 Å². The van der Waals surface area contributed by atoms with Crippen LogP contribution in [0.2, 0.25) is 0 Å². The Morgan fingerprint density at radius 2 is 1.95 bits per heavy atom. The van der Waals surface area contributed by atoms with Crippen LogP contribution in [0, 0.1) is 11.8 Å². The van der Waals surface area contributed by atoms with Crippen molar-refractivity contribution in [1.82, 2.24) is 0 Å². The van der Waals surface area contributed by atoms with E-state index < -0.39 is 0 Å². The number of hydrogen-bond acceptors (Lipinski definition) is 2. The molecule has 2 rings (SSSR count). The predicted octanol–water partition coefficient (Wildman–Crippen LogP) is 2.97. The summed E-state index contributed by atoms with van der Waals surface area (Å²) in [6.45, 7) is 7.76. The fourth-order valence-electron chi connectivity index (χ4n) is 2.31. The van der Waals surface area contributed by atoms with Crippen molar-refractivity contribution in [2.45, 2.75) is 33.6 Å². The molecule has 1 aromatic rings. The van der Waals surface area contributed by atoms with E-state index in [0.29, 0.717) is 0 Å². The average Bonchev–Trinajstić information content (AvgIpc) is 2.64. The van der Waals surface area contributed by atoms with E-state index in [9.17, 15) is 9.59 Å². The highest BCUT2D eigenvalue weighted by atomic mass is 16.2. The van der Waals surface area contributed by atoms with Crippen molar-refractivity contribution in [2.75, 3.05) is 10.6 Å². The molecule has 4 nitrogen and oxygen atoms in total. The van der Waals surface area contributed by atoms with Gasteiger partial charge in [-0.2, -0.15) is 0 Å². The van der Waals surface area contributed by atoms with Crippen molar-refractivity contribution in [3.63, 3.8) is 0 Å². The minimum Gasteiger partial charge on any atom is -0.326 e. The highest BCUT2D eigenvalue weighted by molar-refractivity contribution is 6.04. The Kier molecular flexibility index (Phi) is 3.60. The Hall–Kier alpha value is -1.84. The van der Waals surface area contributed by atoms with Crippen LogP contribution in [0.5, 0.6) is 0 Å². The van der Waals surface area contributed by atoms with E-state index in [1.54, 1.807) is 0 Å². The number of fused-ring (bicyclic) bond motifs is 1. The summed E-state index contributed by atoms with van der Waals surface area (Å²) < 4.78 is 0. The molecule has 0 spiro atoms. The molecule has 0 fully saturated rings. The largest absolute Gasteiger partial charge is 0.326 e. The van der Waals surface area contributed by atoms with Crippen LogP contribution >= 0.6 is 0 Å². The Balaban J connectivity index is 2.29. The van der Waals surface area contributed by atoms with Gasteiger partial charge in [0.1, 0.15) is 0 Å². The molecule has 1 unspecified atom stereocenters. The molecule has 2 N–H and O–H groups in total. The molecule has 1 aromatic carbocycles. The van der Waals surface area contributed by atoms with Gasteiger partial charge in [0.2, 0.25) is 11.8 Å². The summed E-state index contributed by atoms with van der Waals surface area (Å²) in [5.74, 6) is 0.0628. The molecule has 2 amide bonds. The number of benzene rings is 1. The van der Waals surface area contributed by atoms with E-state index in [-0.39, 0.29) is 29.6 Å². The van der Waals surface area contributed by atoms with Gasteiger partial charge in [-0.05, 0) is 29.7 Å². The first-order valence-electron chi connectivity index (χ1n) is 6.66. The fourth-order valence-corrected chi connectivity index (χ4v) is 2.31. The summed E-state index contributed by atoms with van der Waals surface area (Å²) in [5.41, 5.74) is 2.58. The molecular formula is C15H20N2O2. The van der Waals surface area contributed by atoms with Crippen LogP contribution in [0.1, 0.15) is 39.2 Å². The van der Waals surface area contributed by atoms with Gasteiger partial charge in [0.05, 0.1) is 5.92 Å². The Morgan fingerprint density at radius 3 is 2.53 bits per heavy atom. The van der Waals surface area contributed by atoms with E-state index in [1.807, 2.05) is 45.9 Å². The first-order valence-corrected chi connectivity index (χ1v) is 6.66. The predicted molar refractivity (Wildman–Crippen MR) is 76.1 cm³/mol. The van der Waals surface area contributed by atoms with E-state index >= 15 is 0 Å². The number of carbonyl (C=O) groups is 2. The molecule has 1 aliphatic rings. The summed E-state index contributed by atoms with van der Waals surface area (Å²) >= 11 is 0. The molecule has 19 heavy (non-hydrogen) atoms. The lowest BCUT2D eigenvalue weighted by Gasteiger charge is -2.14. The number of hydrogen-bond donors (Lipinski definition) is 2. The number of amides is 2. The second-order valence-corrected chi connectivity index (χ2v) is 5.66. The van der Waals surface area contributed by atoms with Gasteiger partial charge in [-0.1, -0.05) is 27.7 Å². The Bertz CT molecular complexity index is 521. The third-order valence-corrected chi connectivity index (χ3v) is 3.39. The lowest BCUT2D eigenvalue weighted by molar-refractivity contribution is -0.119. The molecule has 4 heteroatoms. The summed E-state index contributed by atoms with van der Waals surface area (Å²) in [6, 6.07) is 5.58. The molecule has 0 aromatic heterocycles. The van der Waals surface area contributed by atoms with Crippen LogP contribution in [0.15, 0.2) is 18.2 Å². The molecule has 0 saturated carbocycles. The maximum absolute atomic E-state index is 11.9. The number of anilines is 2. The zero-order chi connectivity index (χ0) is 14.2. The maximum Gasteiger partial charge on any atom is 0.232 e. The van der Waals surface area contributed by atoms with Crippen molar-refractivity contribution >= 4 is 23.2 Å². The van der Waals surface area contributed by atoms with Gasteiger partial charge in [-0.15, -0.1) is 0 Å². The van der Waals surface area contributed by atoms with Gasteiger partial charge < -0.3 is 10.6 Å². The average molecular weight is 260 g/mol. The quantitative estimate of drug-likeness (QED) is 0.877. The SMILES string of the molecule is CC(C)C(=O)Nc1ccc2c(c1)C(C(C)C)C(=O)N2. The summed E-state index contributed by atoms with van der Waals surface area (Å²) in [4.78, 5) is 23.6. The number of carbonyl (C=O) groups excluding carboxylic acids is 2. The fraction of sp³-hybridized carbons (Fsp3) is 0.467. The molecule has 0 aliphatic carbocycles. The molecule has 0 saturated heterocycles. The van der Waals surface area contributed by atoms with Crippen LogP contribution in [0.3, 0.4) is 0 Å². The van der Waals surface area contributed by atoms with Crippen molar-refractivity contribution in [3.05, 3.63) is 23.8 Å². The topological polar surface area (TPSA) is 58.2 Å². The standard InChI is InChI=1S/C15H20N2O2/c1-8(2)13-11-7-10(16-14(18)9(3)4)5-6-12(11)17-15(13)19/h5-9,13H,1-4H3,(H,16,18)(H,17,19). The second-order valence-electron chi connectivity index (χ2n) is 5.66. The van der Waals surface area contributed by atoms with Crippen molar-refractivity contribution < 1.29 is 9.59 Å². The van der Waals surface area contributed by atoms with Crippen LogP contribution in [-0.2, 0) is 9.59 Å². The lowest BCUT2D eigenvalue weighted by atomic mass is 9.89. The molecule has 1 aliphatic heterocycles. The van der Waals surface area contributed by atoms with E-state index in [4.69, 9.17) is 0 Å². The van der Waals surface area contributed by atoms with Gasteiger partial charge in [0, 0.05) is 17.3 Å². The lowest BCUT2D eigenvalue weighted by Crippen LogP contribution is -2.18. The smallest absolute Gasteiger partial charge is 0.232 e. The van der Waals surface area contributed by atoms with Crippen LogP contribution in [-0.4, -0.2) is 11.8 Å². The van der Waals surface area contributed by atoms with Gasteiger partial charge in [0.25, 0.3) is 0 Å². The van der Waals surface area contributed by atoms with Crippen molar-refractivity contribution in [2.24, 2.45) is 11.8 Å². The maximum atomic E-state index is 11.9. The molecular weight excluding hydrogens is 240 g/mol. The van der Waals surface area contributed by atoms with Gasteiger partial charge >= 0.3 is 0 Å². The number of nitrogens with one attached hydrogen (secondary N) is 2. The minimum absolute atomic E-state index is 0.0154. The van der Waals surface area contributed by atoms with Crippen molar-refractivity contribution in [1.29, 1.82) is 0 Å². The summed E-state index contributed by atoms with van der Waals surface area (Å²) in [7, 11) is 0. The van der Waals surface area contributed by atoms with E-state index in [1.165, 1.54) is 0 Å². The van der Waals surface area contributed by atoms with Crippen LogP contribution in [0.4, 0.5) is 11.4 Å². The first-order chi connectivity index (χ1) is 8.90. The molecule has 1 atom stereocenters. The van der Waals surface area contributed by atoms with E-state index in [2.05, 4.69) is 10.6 Å². The second kappa shape index (κ2) is 5.03. The normalized spacial score (nSPS) is 17.6. The summed E-state index contributed by atoms with van der Waals surface area (Å²) in [6.07, 6.45) is 0. The highest BCUT2D eigenvalue weighted by Gasteiger charge is 2.33. The Labute approximate surface area is 113 Å². The van der Waals surface area contributed by atoms with Gasteiger partial charge in [0.15, 0.2) is 0 Å². The zero-order valence-electron chi connectivity index (χ0n) is 11.8. The molecule has 0 radical (unpaired) electrons. The molecule has 1 heterocycles. The monoisotopic (exact) mass is 260 g/mol. The minimum atomic E-state index is -0.133. The van der Waals surface area contributed by atoms with E-state index in [0.717, 1.165) is 16.9 Å². The third kappa shape index (κ3) is 2.62.